The van der Waals surface area contributed by atoms with Gasteiger partial charge in [0, 0.05) is 61.2 Å². The maximum absolute atomic E-state index is 18.4. The van der Waals surface area contributed by atoms with E-state index >= 15 is 13.2 Å². The van der Waals surface area contributed by atoms with E-state index < -0.39 is 17.2 Å². The van der Waals surface area contributed by atoms with Gasteiger partial charge in [0.15, 0.2) is 11.3 Å². The normalized spacial score (nSPS) is 19.5. The Kier molecular flexibility index (Phi) is 7.79. The highest BCUT2D eigenvalue weighted by Crippen LogP contribution is 2.62. The van der Waals surface area contributed by atoms with Gasteiger partial charge in [0.1, 0.15) is 17.2 Å². The van der Waals surface area contributed by atoms with Gasteiger partial charge < -0.3 is 8.82 Å². The summed E-state index contributed by atoms with van der Waals surface area (Å²) in [5.41, 5.74) is 9.92. The van der Waals surface area contributed by atoms with E-state index in [9.17, 15) is 10.5 Å². The molecule has 2 unspecified atom stereocenters. The van der Waals surface area contributed by atoms with Crippen LogP contribution in [0.5, 0.6) is 0 Å². The zero-order valence-electron chi connectivity index (χ0n) is 36.6. The van der Waals surface area contributed by atoms with Crippen LogP contribution in [0.25, 0.3) is 106 Å². The maximum atomic E-state index is 18.4. The van der Waals surface area contributed by atoms with Gasteiger partial charge in [0.05, 0.1) is 39.8 Å². The van der Waals surface area contributed by atoms with Gasteiger partial charge in [-0.3, -0.25) is 0 Å². The number of nitriles is 2. The van der Waals surface area contributed by atoms with Crippen molar-refractivity contribution in [2.75, 3.05) is 0 Å². The molecule has 13 rings (SSSR count). The molecule has 1 fully saturated rings. The summed E-state index contributed by atoms with van der Waals surface area (Å²) in [4.78, 5) is 0. The SMILES string of the molecule is C=Cc1cc(-c2cc(-c3ccc4c5c(oc4c3)CCC=C5)c3c4c5c(c(C#N)cc4n4c6cc(C#N)c7c(c6c2c34)C2(F)CCCC2=C7C)C(F)(CC)C=C5F)ccc1-c1ccccc1C. The van der Waals surface area contributed by atoms with Crippen molar-refractivity contribution in [1.29, 1.82) is 10.5 Å². The van der Waals surface area contributed by atoms with E-state index in [1.54, 1.807) is 13.0 Å². The fourth-order valence-corrected chi connectivity index (χ4v) is 12.6. The molecular weight excluding hydrogens is 824 g/mol. The Balaban J connectivity index is 1.27. The third kappa shape index (κ3) is 4.72. The van der Waals surface area contributed by atoms with Gasteiger partial charge in [-0.2, -0.15) is 10.5 Å². The van der Waals surface area contributed by atoms with E-state index in [-0.39, 0.29) is 29.5 Å². The molecule has 0 amide bonds. The number of aromatic nitrogens is 1. The first-order valence-corrected chi connectivity index (χ1v) is 22.8. The van der Waals surface area contributed by atoms with E-state index in [1.807, 2.05) is 41.7 Å². The monoisotopic (exact) mass is 863 g/mol. The molecule has 7 heteroatoms. The largest absolute Gasteiger partial charge is 0.460 e. The Labute approximate surface area is 378 Å². The van der Waals surface area contributed by atoms with Crippen molar-refractivity contribution in [2.24, 2.45) is 0 Å². The van der Waals surface area contributed by atoms with Crippen LogP contribution in [-0.4, -0.2) is 4.40 Å². The highest BCUT2D eigenvalue weighted by atomic mass is 19.2. The van der Waals surface area contributed by atoms with Crippen molar-refractivity contribution < 1.29 is 17.6 Å². The summed E-state index contributed by atoms with van der Waals surface area (Å²) in [7, 11) is 0. The van der Waals surface area contributed by atoms with Crippen LogP contribution in [0.3, 0.4) is 0 Å². The number of nitrogens with zero attached hydrogens (tertiary/aromatic N) is 3. The van der Waals surface area contributed by atoms with Crippen LogP contribution in [0, 0.1) is 29.6 Å². The van der Waals surface area contributed by atoms with E-state index in [1.165, 1.54) is 0 Å². The maximum Gasteiger partial charge on any atom is 0.159 e. The molecule has 0 N–H and O–H groups in total. The molecule has 0 spiro atoms. The summed E-state index contributed by atoms with van der Waals surface area (Å²) in [6.45, 7) is 9.94. The molecule has 0 saturated heterocycles. The van der Waals surface area contributed by atoms with Crippen molar-refractivity contribution in [3.05, 3.63) is 159 Å². The fraction of sp³-hybridized carbons (Fsp3) is 0.186. The van der Waals surface area contributed by atoms with Crippen LogP contribution >= 0.6 is 0 Å². The zero-order chi connectivity index (χ0) is 45.1. The first-order chi connectivity index (χ1) is 32.0. The molecule has 4 nitrogen and oxygen atoms in total. The summed E-state index contributed by atoms with van der Waals surface area (Å²) in [5.74, 6) is 0.188. The number of rotatable bonds is 5. The number of fused-ring (bicyclic) bond motifs is 15. The Morgan fingerprint density at radius 3 is 2.32 bits per heavy atom. The van der Waals surface area contributed by atoms with E-state index in [0.717, 1.165) is 96.7 Å². The number of benzene rings is 6. The zero-order valence-corrected chi connectivity index (χ0v) is 36.6. The van der Waals surface area contributed by atoms with Gasteiger partial charge in [-0.05, 0) is 144 Å². The highest BCUT2D eigenvalue weighted by molar-refractivity contribution is 6.33. The summed E-state index contributed by atoms with van der Waals surface area (Å²) in [6.07, 6.45) is 10.3. The number of alkyl halides is 2. The van der Waals surface area contributed by atoms with Crippen molar-refractivity contribution in [2.45, 2.75) is 70.6 Å². The van der Waals surface area contributed by atoms with E-state index in [2.05, 4.69) is 86.3 Å². The summed E-state index contributed by atoms with van der Waals surface area (Å²) in [6, 6.07) is 31.1. The minimum atomic E-state index is -2.21. The lowest BCUT2D eigenvalue weighted by Crippen LogP contribution is -2.16. The second-order valence-electron chi connectivity index (χ2n) is 18.6. The molecule has 6 aromatic carbocycles. The van der Waals surface area contributed by atoms with Crippen molar-refractivity contribution >= 4 is 72.6 Å². The summed E-state index contributed by atoms with van der Waals surface area (Å²) in [5, 5.41) is 25.2. The predicted molar refractivity (Wildman–Crippen MR) is 260 cm³/mol. The van der Waals surface area contributed by atoms with Crippen molar-refractivity contribution in [1.82, 2.24) is 4.40 Å². The summed E-state index contributed by atoms with van der Waals surface area (Å²) >= 11 is 0. The Bertz CT molecular complexity index is 3950. The lowest BCUT2D eigenvalue weighted by molar-refractivity contribution is 0.230. The number of aryl methyl sites for hydroxylation is 2. The van der Waals surface area contributed by atoms with Crippen LogP contribution in [0.15, 0.2) is 108 Å². The van der Waals surface area contributed by atoms with Crippen molar-refractivity contribution in [3.63, 3.8) is 0 Å². The topological polar surface area (TPSA) is 65.1 Å². The van der Waals surface area contributed by atoms with Crippen LogP contribution in [0.4, 0.5) is 13.2 Å². The molecule has 2 atom stereocenters. The first kappa shape index (κ1) is 38.8. The molecule has 3 heterocycles. The van der Waals surface area contributed by atoms with Crippen LogP contribution in [0.1, 0.15) is 102 Å². The lowest BCUT2D eigenvalue weighted by atomic mass is 9.83. The molecule has 1 saturated carbocycles. The average Bonchev–Trinajstić information content (AvgIpc) is 4.17. The van der Waals surface area contributed by atoms with Crippen molar-refractivity contribution in [3.8, 4) is 45.5 Å². The van der Waals surface area contributed by atoms with Crippen LogP contribution in [0.2, 0.25) is 0 Å². The van der Waals surface area contributed by atoms with Gasteiger partial charge in [0.2, 0.25) is 0 Å². The molecule has 0 radical (unpaired) electrons. The smallest absolute Gasteiger partial charge is 0.159 e. The minimum absolute atomic E-state index is 0.0158. The number of hydrogen-bond donors (Lipinski definition) is 0. The molecule has 9 aromatic rings. The fourth-order valence-electron chi connectivity index (χ4n) is 12.6. The third-order valence-electron chi connectivity index (χ3n) is 15.5. The number of allylic oxidation sites excluding steroid dienone is 4. The van der Waals surface area contributed by atoms with Crippen LogP contribution in [-0.2, 0) is 17.8 Å². The molecule has 66 heavy (non-hydrogen) atoms. The van der Waals surface area contributed by atoms with Gasteiger partial charge in [-0.25, -0.2) is 13.2 Å². The molecule has 0 bridgehead atoms. The number of furan rings is 1. The Hall–Kier alpha value is -7.61. The number of hydrogen-bond acceptors (Lipinski definition) is 3. The minimum Gasteiger partial charge on any atom is -0.460 e. The van der Waals surface area contributed by atoms with E-state index in [0.29, 0.717) is 67.8 Å². The second kappa shape index (κ2) is 13.2. The Morgan fingerprint density at radius 2 is 1.55 bits per heavy atom. The first-order valence-electron chi connectivity index (χ1n) is 22.8. The predicted octanol–water partition coefficient (Wildman–Crippen LogP) is 16.3. The molecule has 3 aromatic heterocycles. The van der Waals surface area contributed by atoms with Gasteiger partial charge >= 0.3 is 0 Å². The van der Waals surface area contributed by atoms with Gasteiger partial charge in [-0.15, -0.1) is 0 Å². The van der Waals surface area contributed by atoms with Gasteiger partial charge in [-0.1, -0.05) is 74.2 Å². The quantitative estimate of drug-likeness (QED) is 0.173. The molecular formula is C59H40F3N3O. The molecule has 318 valence electrons. The third-order valence-corrected chi connectivity index (χ3v) is 15.5. The molecule has 4 aliphatic carbocycles. The van der Waals surface area contributed by atoms with Crippen LogP contribution < -0.4 is 0 Å². The molecule has 0 aliphatic heterocycles. The van der Waals surface area contributed by atoms with Gasteiger partial charge in [0.25, 0.3) is 0 Å². The highest BCUT2D eigenvalue weighted by Gasteiger charge is 2.51. The number of halogens is 3. The molecule has 4 aliphatic rings. The lowest BCUT2D eigenvalue weighted by Gasteiger charge is -2.22. The standard InChI is InChI=1S/C59H40F3N3O/c1-5-32-22-33(17-19-38(32)37-13-8-7-12-30(37)3)41-26-42(34-18-20-40-39-14-9-10-16-47(39)66-48(40)25-34)50-53-45(24-36(29-64)55-52(53)44(60)27-58(55,61)6-2)65-46-23-35(28-63)49-31(4)43-15-11-21-59(43,62)56(49)54(46)51(41)57(50)65/h5,7-9,12-14,17-20,22-27H,1,6,10-11,15-16,21H2,2-4H3. The average molecular weight is 864 g/mol. The second-order valence-corrected chi connectivity index (χ2v) is 18.6. The van der Waals surface area contributed by atoms with E-state index in [4.69, 9.17) is 4.42 Å². The summed E-state index contributed by atoms with van der Waals surface area (Å²) < 4.78 is 61.1. The Morgan fingerprint density at radius 1 is 0.803 bits per heavy atom.